The lowest BCUT2D eigenvalue weighted by Gasteiger charge is -2.25. The van der Waals surface area contributed by atoms with Crippen molar-refractivity contribution < 1.29 is 8.42 Å². The molecule has 3 nitrogen and oxygen atoms in total. The van der Waals surface area contributed by atoms with Gasteiger partial charge in [0.1, 0.15) is 0 Å². The zero-order valence-corrected chi connectivity index (χ0v) is 9.59. The van der Waals surface area contributed by atoms with Crippen LogP contribution in [0.3, 0.4) is 0 Å². The van der Waals surface area contributed by atoms with Crippen molar-refractivity contribution in [2.24, 2.45) is 0 Å². The summed E-state index contributed by atoms with van der Waals surface area (Å²) in [5.41, 5.74) is 0. The van der Waals surface area contributed by atoms with Crippen molar-refractivity contribution >= 4 is 33.4 Å². The van der Waals surface area contributed by atoms with Crippen LogP contribution in [0.1, 0.15) is 0 Å². The second kappa shape index (κ2) is 4.68. The second-order valence-corrected chi connectivity index (χ2v) is 6.51. The molecule has 0 amide bonds. The molecule has 0 aliphatic carbocycles. The first-order chi connectivity index (χ1) is 6.02. The molecular weight excluding hydrogens is 230 g/mol. The smallest absolute Gasteiger partial charge is 0.212 e. The van der Waals surface area contributed by atoms with E-state index in [2.05, 4.69) is 6.58 Å². The van der Waals surface area contributed by atoms with E-state index in [1.54, 1.807) is 11.8 Å². The van der Waals surface area contributed by atoms with Crippen molar-refractivity contribution in [3.63, 3.8) is 0 Å². The van der Waals surface area contributed by atoms with Gasteiger partial charge in [0.05, 0.1) is 5.75 Å². The highest BCUT2D eigenvalue weighted by atomic mass is 35.5. The van der Waals surface area contributed by atoms with Crippen LogP contribution < -0.4 is 0 Å². The Morgan fingerprint density at radius 2 is 2.00 bits per heavy atom. The first kappa shape index (κ1) is 11.4. The zero-order valence-electron chi connectivity index (χ0n) is 7.20. The van der Waals surface area contributed by atoms with E-state index in [1.807, 2.05) is 0 Å². The van der Waals surface area contributed by atoms with Gasteiger partial charge in [-0.05, 0) is 0 Å². The Morgan fingerprint density at radius 1 is 1.46 bits per heavy atom. The fourth-order valence-corrected chi connectivity index (χ4v) is 3.98. The number of sulfonamides is 1. The van der Waals surface area contributed by atoms with Gasteiger partial charge in [-0.15, -0.1) is 0 Å². The normalized spacial score (nSPS) is 20.1. The van der Waals surface area contributed by atoms with Gasteiger partial charge in [0.2, 0.25) is 10.0 Å². The van der Waals surface area contributed by atoms with Gasteiger partial charge in [-0.3, -0.25) is 0 Å². The molecule has 1 aliphatic rings. The van der Waals surface area contributed by atoms with Crippen LogP contribution in [-0.4, -0.2) is 43.1 Å². The van der Waals surface area contributed by atoms with E-state index in [-0.39, 0.29) is 10.8 Å². The summed E-state index contributed by atoms with van der Waals surface area (Å²) in [5.74, 6) is 1.60. The maximum absolute atomic E-state index is 11.6. The first-order valence-corrected chi connectivity index (χ1v) is 7.05. The van der Waals surface area contributed by atoms with Crippen LogP contribution in [0.25, 0.3) is 0 Å². The summed E-state index contributed by atoms with van der Waals surface area (Å²) in [5, 5.41) is 0.179. The SMILES string of the molecule is C=C(Cl)CS(=O)(=O)N1CCSCC1. The summed E-state index contributed by atoms with van der Waals surface area (Å²) >= 11 is 7.25. The van der Waals surface area contributed by atoms with Gasteiger partial charge in [0.15, 0.2) is 0 Å². The van der Waals surface area contributed by atoms with Crippen molar-refractivity contribution in [3.05, 3.63) is 11.6 Å². The van der Waals surface area contributed by atoms with E-state index < -0.39 is 10.0 Å². The molecule has 1 heterocycles. The Morgan fingerprint density at radius 3 is 2.46 bits per heavy atom. The summed E-state index contributed by atoms with van der Waals surface area (Å²) in [6, 6.07) is 0. The molecule has 1 fully saturated rings. The van der Waals surface area contributed by atoms with Gasteiger partial charge in [0, 0.05) is 29.6 Å². The lowest BCUT2D eigenvalue weighted by atomic mass is 10.6. The van der Waals surface area contributed by atoms with E-state index in [4.69, 9.17) is 11.6 Å². The molecule has 0 atom stereocenters. The largest absolute Gasteiger partial charge is 0.219 e. The molecule has 1 saturated heterocycles. The molecule has 0 aromatic carbocycles. The first-order valence-electron chi connectivity index (χ1n) is 3.91. The number of rotatable bonds is 3. The Kier molecular flexibility index (Phi) is 4.09. The Balaban J connectivity index is 2.62. The molecule has 13 heavy (non-hydrogen) atoms. The summed E-state index contributed by atoms with van der Waals surface area (Å²) in [6.07, 6.45) is 0. The van der Waals surface area contributed by atoms with Crippen LogP contribution in [0.5, 0.6) is 0 Å². The van der Waals surface area contributed by atoms with E-state index in [1.165, 1.54) is 4.31 Å². The van der Waals surface area contributed by atoms with Crippen LogP contribution in [0.4, 0.5) is 0 Å². The zero-order chi connectivity index (χ0) is 9.90. The second-order valence-electron chi connectivity index (χ2n) is 2.78. The van der Waals surface area contributed by atoms with E-state index in [0.29, 0.717) is 13.1 Å². The standard InChI is InChI=1S/C7H12ClNO2S2/c1-7(8)6-13(10,11)9-2-4-12-5-3-9/h1-6H2. The molecule has 0 aromatic rings. The number of thioether (sulfide) groups is 1. The third-order valence-electron chi connectivity index (χ3n) is 1.70. The number of halogens is 1. The lowest BCUT2D eigenvalue weighted by Crippen LogP contribution is -2.39. The van der Waals surface area contributed by atoms with Gasteiger partial charge in [-0.2, -0.15) is 16.1 Å². The highest BCUT2D eigenvalue weighted by Crippen LogP contribution is 2.15. The van der Waals surface area contributed by atoms with Crippen LogP contribution in [0.15, 0.2) is 11.6 Å². The van der Waals surface area contributed by atoms with Crippen molar-refractivity contribution in [2.45, 2.75) is 0 Å². The van der Waals surface area contributed by atoms with Crippen LogP contribution in [0.2, 0.25) is 0 Å². The molecule has 0 spiro atoms. The summed E-state index contributed by atoms with van der Waals surface area (Å²) in [4.78, 5) is 0. The minimum atomic E-state index is -3.19. The average Bonchev–Trinajstić information content (AvgIpc) is 2.04. The Hall–Kier alpha value is 0.290. The number of hydrogen-bond donors (Lipinski definition) is 0. The van der Waals surface area contributed by atoms with E-state index >= 15 is 0 Å². The van der Waals surface area contributed by atoms with Crippen LogP contribution in [0, 0.1) is 0 Å². The molecule has 0 N–H and O–H groups in total. The van der Waals surface area contributed by atoms with Crippen molar-refractivity contribution in [1.29, 1.82) is 0 Å². The van der Waals surface area contributed by atoms with E-state index in [9.17, 15) is 8.42 Å². The molecule has 0 bridgehead atoms. The maximum atomic E-state index is 11.6. The highest BCUT2D eigenvalue weighted by molar-refractivity contribution is 7.99. The average molecular weight is 242 g/mol. The molecule has 76 valence electrons. The molecule has 6 heteroatoms. The predicted octanol–water partition coefficient (Wildman–Crippen LogP) is 1.12. The molecule has 1 rings (SSSR count). The quantitative estimate of drug-likeness (QED) is 0.743. The van der Waals surface area contributed by atoms with Crippen LogP contribution >= 0.6 is 23.4 Å². The monoisotopic (exact) mass is 241 g/mol. The number of hydrogen-bond acceptors (Lipinski definition) is 3. The molecule has 0 radical (unpaired) electrons. The summed E-state index contributed by atoms with van der Waals surface area (Å²) in [6.45, 7) is 4.58. The maximum Gasteiger partial charge on any atom is 0.219 e. The fourth-order valence-electron chi connectivity index (χ4n) is 1.11. The van der Waals surface area contributed by atoms with E-state index in [0.717, 1.165) is 11.5 Å². The Labute approximate surface area is 88.2 Å². The predicted molar refractivity (Wildman–Crippen MR) is 57.7 cm³/mol. The van der Waals surface area contributed by atoms with Gasteiger partial charge >= 0.3 is 0 Å². The van der Waals surface area contributed by atoms with Gasteiger partial charge in [0.25, 0.3) is 0 Å². The van der Waals surface area contributed by atoms with Crippen molar-refractivity contribution in [3.8, 4) is 0 Å². The third kappa shape index (κ3) is 3.50. The summed E-state index contributed by atoms with van der Waals surface area (Å²) < 4.78 is 24.6. The van der Waals surface area contributed by atoms with Gasteiger partial charge in [-0.1, -0.05) is 18.2 Å². The summed E-state index contributed by atoms with van der Waals surface area (Å²) in [7, 11) is -3.19. The molecular formula is C7H12ClNO2S2. The molecule has 1 aliphatic heterocycles. The Bertz CT molecular complexity index is 283. The van der Waals surface area contributed by atoms with Gasteiger partial charge in [-0.25, -0.2) is 8.42 Å². The number of nitrogens with zero attached hydrogens (tertiary/aromatic N) is 1. The fraction of sp³-hybridized carbons (Fsp3) is 0.714. The minimum Gasteiger partial charge on any atom is -0.212 e. The molecule has 0 unspecified atom stereocenters. The van der Waals surface area contributed by atoms with Crippen molar-refractivity contribution in [2.75, 3.05) is 30.3 Å². The molecule has 0 saturated carbocycles. The third-order valence-corrected chi connectivity index (χ3v) is 4.80. The van der Waals surface area contributed by atoms with Crippen LogP contribution in [-0.2, 0) is 10.0 Å². The van der Waals surface area contributed by atoms with Crippen molar-refractivity contribution in [1.82, 2.24) is 4.31 Å². The topological polar surface area (TPSA) is 37.4 Å². The highest BCUT2D eigenvalue weighted by Gasteiger charge is 2.24. The minimum absolute atomic E-state index is 0.140. The molecule has 0 aromatic heterocycles. The lowest BCUT2D eigenvalue weighted by molar-refractivity contribution is 0.445. The van der Waals surface area contributed by atoms with Gasteiger partial charge < -0.3 is 0 Å².